The van der Waals surface area contributed by atoms with Crippen molar-refractivity contribution in [3.63, 3.8) is 0 Å². The minimum absolute atomic E-state index is 0.0679. The molecule has 0 N–H and O–H groups in total. The summed E-state index contributed by atoms with van der Waals surface area (Å²) in [6.07, 6.45) is -2.50. The highest BCUT2D eigenvalue weighted by atomic mass is 35.5. The Kier molecular flexibility index (Phi) is 3.54. The van der Waals surface area contributed by atoms with Crippen LogP contribution in [-0.4, -0.2) is 9.97 Å². The van der Waals surface area contributed by atoms with Crippen LogP contribution in [0.1, 0.15) is 30.5 Å². The van der Waals surface area contributed by atoms with E-state index in [9.17, 15) is 13.2 Å². The minimum atomic E-state index is -4.49. The van der Waals surface area contributed by atoms with Crippen molar-refractivity contribution in [1.29, 1.82) is 0 Å². The van der Waals surface area contributed by atoms with Crippen LogP contribution >= 0.6 is 11.6 Å². The van der Waals surface area contributed by atoms with Crippen molar-refractivity contribution in [2.24, 2.45) is 5.92 Å². The zero-order chi connectivity index (χ0) is 11.6. The summed E-state index contributed by atoms with van der Waals surface area (Å²) in [6.45, 7) is 3.48. The molecule has 0 fully saturated rings. The highest BCUT2D eigenvalue weighted by Crippen LogP contribution is 2.37. The normalized spacial score (nSPS) is 14.3. The van der Waals surface area contributed by atoms with Crippen LogP contribution in [-0.2, 0) is 6.18 Å². The lowest BCUT2D eigenvalue weighted by molar-refractivity contribution is -0.142. The predicted octanol–water partition coefficient (Wildman–Crippen LogP) is 3.43. The van der Waals surface area contributed by atoms with E-state index in [0.29, 0.717) is 0 Å². The average molecular weight is 239 g/mol. The number of nitrogens with zero attached hydrogens (tertiary/aromatic N) is 2. The molecular weight excluding hydrogens is 229 g/mol. The Labute approximate surface area is 90.5 Å². The van der Waals surface area contributed by atoms with Gasteiger partial charge in [0.25, 0.3) is 0 Å². The van der Waals surface area contributed by atoms with Gasteiger partial charge in [-0.25, -0.2) is 9.97 Å². The van der Waals surface area contributed by atoms with Gasteiger partial charge in [-0.15, -0.1) is 11.6 Å². The van der Waals surface area contributed by atoms with Crippen molar-refractivity contribution in [2.75, 3.05) is 0 Å². The number of alkyl halides is 4. The number of hydrogen-bond donors (Lipinski definition) is 0. The van der Waals surface area contributed by atoms with Gasteiger partial charge >= 0.3 is 6.18 Å². The zero-order valence-corrected chi connectivity index (χ0v) is 8.97. The first-order valence-corrected chi connectivity index (χ1v) is 4.79. The van der Waals surface area contributed by atoms with Crippen LogP contribution in [0, 0.1) is 5.92 Å². The first-order valence-electron chi connectivity index (χ1n) is 4.35. The van der Waals surface area contributed by atoms with Crippen molar-refractivity contribution < 1.29 is 13.2 Å². The molecule has 1 heterocycles. The molecule has 0 bridgehead atoms. The Hall–Kier alpha value is -0.840. The van der Waals surface area contributed by atoms with Crippen molar-refractivity contribution in [2.45, 2.75) is 25.4 Å². The van der Waals surface area contributed by atoms with Gasteiger partial charge in [-0.05, 0) is 5.92 Å². The number of rotatable bonds is 2. The predicted molar refractivity (Wildman–Crippen MR) is 50.5 cm³/mol. The van der Waals surface area contributed by atoms with Gasteiger partial charge in [0.05, 0.1) is 5.38 Å². The highest BCUT2D eigenvalue weighted by molar-refractivity contribution is 6.21. The number of hydrogen-bond acceptors (Lipinski definition) is 2. The van der Waals surface area contributed by atoms with Gasteiger partial charge in [0.2, 0.25) is 0 Å². The Morgan fingerprint density at radius 3 is 2.40 bits per heavy atom. The Balaban J connectivity index is 3.18. The molecule has 0 aliphatic heterocycles. The van der Waals surface area contributed by atoms with Crippen molar-refractivity contribution in [3.8, 4) is 0 Å². The second kappa shape index (κ2) is 4.35. The third-order valence-corrected chi connectivity index (χ3v) is 2.63. The van der Waals surface area contributed by atoms with Gasteiger partial charge in [-0.3, -0.25) is 0 Å². The molecule has 0 amide bonds. The van der Waals surface area contributed by atoms with Crippen LogP contribution in [0.4, 0.5) is 13.2 Å². The van der Waals surface area contributed by atoms with E-state index < -0.39 is 17.2 Å². The number of aromatic nitrogens is 2. The summed E-state index contributed by atoms with van der Waals surface area (Å²) in [6, 6.07) is 0. The quantitative estimate of drug-likeness (QED) is 0.738. The Bertz CT molecular complexity index is 338. The lowest BCUT2D eigenvalue weighted by Crippen LogP contribution is -2.15. The zero-order valence-electron chi connectivity index (χ0n) is 8.22. The van der Waals surface area contributed by atoms with E-state index in [-0.39, 0.29) is 11.5 Å². The van der Waals surface area contributed by atoms with E-state index in [1.807, 2.05) is 0 Å². The molecule has 1 unspecified atom stereocenters. The molecule has 1 atom stereocenters. The van der Waals surface area contributed by atoms with Gasteiger partial charge in [0.15, 0.2) is 5.69 Å². The third kappa shape index (κ3) is 2.81. The first kappa shape index (κ1) is 12.2. The summed E-state index contributed by atoms with van der Waals surface area (Å²) in [5.74, 6) is -0.112. The van der Waals surface area contributed by atoms with Crippen LogP contribution in [0.3, 0.4) is 0 Å². The molecular formula is C9H10ClF3N2. The molecule has 0 aliphatic carbocycles. The maximum absolute atomic E-state index is 12.5. The molecule has 0 saturated heterocycles. The molecule has 1 aromatic rings. The molecule has 0 radical (unpaired) electrons. The lowest BCUT2D eigenvalue weighted by Gasteiger charge is -2.17. The van der Waals surface area contributed by atoms with Crippen LogP contribution < -0.4 is 0 Å². The summed E-state index contributed by atoms with van der Waals surface area (Å²) < 4.78 is 37.6. The van der Waals surface area contributed by atoms with E-state index in [0.717, 1.165) is 12.5 Å². The fourth-order valence-electron chi connectivity index (χ4n) is 1.14. The fraction of sp³-hybridized carbons (Fsp3) is 0.556. The average Bonchev–Trinajstić information content (AvgIpc) is 2.15. The molecule has 0 aliphatic rings. The van der Waals surface area contributed by atoms with E-state index in [4.69, 9.17) is 11.6 Å². The van der Waals surface area contributed by atoms with E-state index in [2.05, 4.69) is 9.97 Å². The van der Waals surface area contributed by atoms with Gasteiger partial charge < -0.3 is 0 Å². The fourth-order valence-corrected chi connectivity index (χ4v) is 1.30. The van der Waals surface area contributed by atoms with Crippen LogP contribution in [0.15, 0.2) is 12.5 Å². The largest absolute Gasteiger partial charge is 0.433 e. The summed E-state index contributed by atoms with van der Waals surface area (Å²) in [5, 5.41) is -0.733. The maximum atomic E-state index is 12.5. The minimum Gasteiger partial charge on any atom is -0.244 e. The van der Waals surface area contributed by atoms with Crippen LogP contribution in [0.5, 0.6) is 0 Å². The second-order valence-electron chi connectivity index (χ2n) is 3.47. The van der Waals surface area contributed by atoms with E-state index >= 15 is 0 Å². The maximum Gasteiger partial charge on any atom is 0.433 e. The van der Waals surface area contributed by atoms with Gasteiger partial charge in [0, 0.05) is 11.8 Å². The van der Waals surface area contributed by atoms with Gasteiger partial charge in [-0.2, -0.15) is 13.2 Å². The molecule has 2 nitrogen and oxygen atoms in total. The molecule has 0 spiro atoms. The smallest absolute Gasteiger partial charge is 0.244 e. The lowest BCUT2D eigenvalue weighted by atomic mass is 10.0. The Morgan fingerprint density at radius 2 is 1.93 bits per heavy atom. The van der Waals surface area contributed by atoms with Gasteiger partial charge in [-0.1, -0.05) is 13.8 Å². The van der Waals surface area contributed by atoms with Crippen molar-refractivity contribution >= 4 is 11.6 Å². The molecule has 0 aromatic carbocycles. The first-order chi connectivity index (χ1) is 6.84. The standard InChI is InChI=1S/C9H10ClF3N2/c1-5(2)7(10)6-3-14-4-15-8(6)9(11,12)13/h3-5,7H,1-2H3. The molecule has 6 heteroatoms. The van der Waals surface area contributed by atoms with E-state index in [1.54, 1.807) is 13.8 Å². The third-order valence-electron chi connectivity index (χ3n) is 1.89. The van der Waals surface area contributed by atoms with Crippen LogP contribution in [0.25, 0.3) is 0 Å². The van der Waals surface area contributed by atoms with Crippen molar-refractivity contribution in [1.82, 2.24) is 9.97 Å². The summed E-state index contributed by atoms with van der Waals surface area (Å²) in [7, 11) is 0. The molecule has 1 rings (SSSR count). The molecule has 84 valence electrons. The van der Waals surface area contributed by atoms with E-state index in [1.165, 1.54) is 0 Å². The summed E-state index contributed by atoms with van der Waals surface area (Å²) >= 11 is 5.87. The Morgan fingerprint density at radius 1 is 1.33 bits per heavy atom. The highest BCUT2D eigenvalue weighted by Gasteiger charge is 2.37. The molecule has 0 saturated carbocycles. The monoisotopic (exact) mass is 238 g/mol. The number of halogens is 4. The molecule has 1 aromatic heterocycles. The summed E-state index contributed by atoms with van der Waals surface area (Å²) in [4.78, 5) is 6.80. The second-order valence-corrected chi connectivity index (χ2v) is 3.94. The SMILES string of the molecule is CC(C)C(Cl)c1cncnc1C(F)(F)F. The molecule has 15 heavy (non-hydrogen) atoms. The van der Waals surface area contributed by atoms with Crippen LogP contribution in [0.2, 0.25) is 0 Å². The van der Waals surface area contributed by atoms with Crippen molar-refractivity contribution in [3.05, 3.63) is 23.8 Å². The topological polar surface area (TPSA) is 25.8 Å². The van der Waals surface area contributed by atoms with Gasteiger partial charge in [0.1, 0.15) is 6.33 Å². The summed E-state index contributed by atoms with van der Waals surface area (Å²) in [5.41, 5.74) is -1.02.